The van der Waals surface area contributed by atoms with Gasteiger partial charge >= 0.3 is 0 Å². The van der Waals surface area contributed by atoms with Crippen LogP contribution in [0.4, 0.5) is 0 Å². The van der Waals surface area contributed by atoms with Gasteiger partial charge in [0.05, 0.1) is 5.52 Å². The third kappa shape index (κ3) is 4.63. The zero-order valence-corrected chi connectivity index (χ0v) is 12.7. The molecule has 0 spiro atoms. The molecule has 1 heterocycles. The van der Waals surface area contributed by atoms with Crippen molar-refractivity contribution in [2.45, 2.75) is 64.7 Å². The summed E-state index contributed by atoms with van der Waals surface area (Å²) in [6.45, 7) is 2.27. The van der Waals surface area contributed by atoms with Crippen LogP contribution in [0, 0.1) is 6.07 Å². The van der Waals surface area contributed by atoms with Crippen LogP contribution in [0.5, 0.6) is 0 Å². The number of nitrogens with zero attached hydrogens (tertiary/aromatic N) is 1. The minimum absolute atomic E-state index is 1.16. The Bertz CT molecular complexity index is 499. The Morgan fingerprint density at radius 2 is 1.70 bits per heavy atom. The Morgan fingerprint density at radius 1 is 0.950 bits per heavy atom. The second-order valence-electron chi connectivity index (χ2n) is 5.65. The molecule has 2 aromatic rings. The van der Waals surface area contributed by atoms with Crippen LogP contribution in [0.1, 0.15) is 63.9 Å². The molecule has 0 aliphatic carbocycles. The molecular weight excluding hydrogens is 242 g/mol. The Hall–Kier alpha value is -1.37. The molecule has 0 saturated heterocycles. The molecule has 0 aliphatic rings. The highest BCUT2D eigenvalue weighted by atomic mass is 14.6. The molecule has 0 fully saturated rings. The fourth-order valence-electron chi connectivity index (χ4n) is 2.77. The van der Waals surface area contributed by atoms with E-state index in [0.717, 1.165) is 11.9 Å². The normalized spacial score (nSPS) is 11.1. The smallest absolute Gasteiger partial charge is 0.0734 e. The maximum absolute atomic E-state index is 4.47. The Kier molecular flexibility index (Phi) is 6.56. The number of pyridine rings is 1. The summed E-state index contributed by atoms with van der Waals surface area (Å²) in [4.78, 5) is 4.47. The second kappa shape index (κ2) is 8.73. The Balaban J connectivity index is 1.71. The van der Waals surface area contributed by atoms with Crippen molar-refractivity contribution < 1.29 is 0 Å². The number of unbranched alkanes of at least 4 members (excludes halogenated alkanes) is 7. The number of hydrogen-bond donors (Lipinski definition) is 0. The van der Waals surface area contributed by atoms with Gasteiger partial charge in [0, 0.05) is 17.6 Å². The molecule has 0 amide bonds. The van der Waals surface area contributed by atoms with Gasteiger partial charge in [-0.1, -0.05) is 70.1 Å². The minimum atomic E-state index is 1.16. The van der Waals surface area contributed by atoms with Crippen LogP contribution in [0.2, 0.25) is 0 Å². The van der Waals surface area contributed by atoms with Gasteiger partial charge in [-0.05, 0) is 24.5 Å². The monoisotopic (exact) mass is 268 g/mol. The van der Waals surface area contributed by atoms with Crippen molar-refractivity contribution in [1.29, 1.82) is 0 Å². The lowest BCUT2D eigenvalue weighted by Gasteiger charge is -2.05. The van der Waals surface area contributed by atoms with Gasteiger partial charge in [-0.25, -0.2) is 0 Å². The lowest BCUT2D eigenvalue weighted by atomic mass is 10.0. The van der Waals surface area contributed by atoms with Crippen molar-refractivity contribution in [3.8, 4) is 0 Å². The van der Waals surface area contributed by atoms with Crippen molar-refractivity contribution in [2.24, 2.45) is 0 Å². The molecule has 0 N–H and O–H groups in total. The quantitative estimate of drug-likeness (QED) is 0.530. The number of benzene rings is 1. The van der Waals surface area contributed by atoms with Crippen LogP contribution in [0.15, 0.2) is 30.5 Å². The van der Waals surface area contributed by atoms with Gasteiger partial charge in [0.2, 0.25) is 0 Å². The summed E-state index contributed by atoms with van der Waals surface area (Å²) in [7, 11) is 0. The minimum Gasteiger partial charge on any atom is -0.255 e. The lowest BCUT2D eigenvalue weighted by Crippen LogP contribution is -1.90. The van der Waals surface area contributed by atoms with E-state index < -0.39 is 0 Å². The molecule has 0 saturated carbocycles. The van der Waals surface area contributed by atoms with Gasteiger partial charge in [0.25, 0.3) is 0 Å². The number of rotatable bonds is 9. The largest absolute Gasteiger partial charge is 0.255 e. The molecular formula is C19H26N. The number of aromatic nitrogens is 1. The van der Waals surface area contributed by atoms with Gasteiger partial charge in [-0.2, -0.15) is 0 Å². The molecule has 20 heavy (non-hydrogen) atoms. The van der Waals surface area contributed by atoms with Crippen LogP contribution in [-0.2, 0) is 6.42 Å². The van der Waals surface area contributed by atoms with E-state index in [4.69, 9.17) is 0 Å². The van der Waals surface area contributed by atoms with Crippen molar-refractivity contribution in [2.75, 3.05) is 0 Å². The van der Waals surface area contributed by atoms with E-state index in [1.807, 2.05) is 6.07 Å². The predicted octanol–water partition coefficient (Wildman–Crippen LogP) is 5.72. The SMILES string of the molecule is CCCCCCCCCCc1cccc2c[c]cnc12. The first kappa shape index (κ1) is 15.0. The highest BCUT2D eigenvalue weighted by Crippen LogP contribution is 2.18. The van der Waals surface area contributed by atoms with E-state index in [9.17, 15) is 0 Å². The summed E-state index contributed by atoms with van der Waals surface area (Å²) in [5.41, 5.74) is 2.55. The van der Waals surface area contributed by atoms with Crippen LogP contribution < -0.4 is 0 Å². The predicted molar refractivity (Wildman–Crippen MR) is 86.9 cm³/mol. The van der Waals surface area contributed by atoms with E-state index in [0.29, 0.717) is 0 Å². The molecule has 107 valence electrons. The number of para-hydroxylation sites is 1. The van der Waals surface area contributed by atoms with E-state index >= 15 is 0 Å². The fraction of sp³-hybridized carbons (Fsp3) is 0.526. The molecule has 2 rings (SSSR count). The molecule has 1 aromatic heterocycles. The van der Waals surface area contributed by atoms with Gasteiger partial charge in [0.15, 0.2) is 0 Å². The fourth-order valence-corrected chi connectivity index (χ4v) is 2.77. The highest BCUT2D eigenvalue weighted by molar-refractivity contribution is 5.81. The first-order valence-electron chi connectivity index (χ1n) is 8.15. The summed E-state index contributed by atoms with van der Waals surface area (Å²) in [5.74, 6) is 0. The molecule has 0 atom stereocenters. The third-order valence-electron chi connectivity index (χ3n) is 3.96. The first-order chi connectivity index (χ1) is 9.92. The van der Waals surface area contributed by atoms with Crippen molar-refractivity contribution >= 4 is 10.9 Å². The summed E-state index contributed by atoms with van der Waals surface area (Å²) in [6, 6.07) is 11.6. The van der Waals surface area contributed by atoms with Gasteiger partial charge < -0.3 is 0 Å². The molecule has 1 radical (unpaired) electrons. The number of fused-ring (bicyclic) bond motifs is 1. The summed E-state index contributed by atoms with van der Waals surface area (Å²) >= 11 is 0. The van der Waals surface area contributed by atoms with Crippen molar-refractivity contribution in [3.05, 3.63) is 42.1 Å². The van der Waals surface area contributed by atoms with E-state index in [-0.39, 0.29) is 0 Å². The zero-order chi connectivity index (χ0) is 14.0. The van der Waals surface area contributed by atoms with Crippen molar-refractivity contribution in [3.63, 3.8) is 0 Å². The lowest BCUT2D eigenvalue weighted by molar-refractivity contribution is 0.576. The molecule has 1 aromatic carbocycles. The third-order valence-corrected chi connectivity index (χ3v) is 3.96. The van der Waals surface area contributed by atoms with Gasteiger partial charge in [0.1, 0.15) is 0 Å². The second-order valence-corrected chi connectivity index (χ2v) is 5.65. The van der Waals surface area contributed by atoms with Crippen LogP contribution in [-0.4, -0.2) is 4.98 Å². The summed E-state index contributed by atoms with van der Waals surface area (Å²) < 4.78 is 0. The van der Waals surface area contributed by atoms with E-state index in [1.165, 1.54) is 62.3 Å². The van der Waals surface area contributed by atoms with Gasteiger partial charge in [-0.15, -0.1) is 0 Å². The van der Waals surface area contributed by atoms with Crippen LogP contribution in [0.3, 0.4) is 0 Å². The molecule has 0 aliphatic heterocycles. The van der Waals surface area contributed by atoms with Crippen LogP contribution >= 0.6 is 0 Å². The zero-order valence-electron chi connectivity index (χ0n) is 12.7. The highest BCUT2D eigenvalue weighted by Gasteiger charge is 2.01. The first-order valence-corrected chi connectivity index (χ1v) is 8.15. The van der Waals surface area contributed by atoms with E-state index in [1.54, 1.807) is 6.20 Å². The molecule has 0 unspecified atom stereocenters. The average molecular weight is 268 g/mol. The van der Waals surface area contributed by atoms with Crippen molar-refractivity contribution in [1.82, 2.24) is 4.98 Å². The topological polar surface area (TPSA) is 12.9 Å². The standard InChI is InChI=1S/C19H26N/c1-2-3-4-5-6-7-8-9-12-17-13-10-14-18-15-11-16-20-19(17)18/h10,13-16H,2-9,12H2,1H3. The van der Waals surface area contributed by atoms with Gasteiger partial charge in [-0.3, -0.25) is 4.98 Å². The van der Waals surface area contributed by atoms with Crippen LogP contribution in [0.25, 0.3) is 10.9 Å². The Labute approximate surface area is 123 Å². The maximum atomic E-state index is 4.47. The Morgan fingerprint density at radius 3 is 2.50 bits per heavy atom. The summed E-state index contributed by atoms with van der Waals surface area (Å²) in [5, 5.41) is 1.21. The molecule has 1 heteroatoms. The summed E-state index contributed by atoms with van der Waals surface area (Å²) in [6.07, 6.45) is 13.9. The average Bonchev–Trinajstić information content (AvgIpc) is 2.50. The molecule has 0 bridgehead atoms. The number of hydrogen-bond acceptors (Lipinski definition) is 1. The van der Waals surface area contributed by atoms with E-state index in [2.05, 4.69) is 36.2 Å². The number of aryl methyl sites for hydroxylation is 1. The maximum Gasteiger partial charge on any atom is 0.0734 e. The molecule has 1 nitrogen and oxygen atoms in total.